The van der Waals surface area contributed by atoms with E-state index in [9.17, 15) is 4.79 Å². The second-order valence-corrected chi connectivity index (χ2v) is 4.15. The third-order valence-corrected chi connectivity index (χ3v) is 3.47. The molecule has 4 heteroatoms. The number of hydrogen-bond acceptors (Lipinski definition) is 4. The fraction of sp³-hybridized carbons (Fsp3) is 0.182. The molecular formula is C11H11NO2S. The minimum atomic E-state index is -0.309. The van der Waals surface area contributed by atoms with Crippen LogP contribution in [-0.2, 0) is 11.3 Å². The van der Waals surface area contributed by atoms with Crippen LogP contribution in [0.3, 0.4) is 0 Å². The van der Waals surface area contributed by atoms with Crippen molar-refractivity contribution in [2.75, 3.05) is 7.11 Å². The predicted molar refractivity (Wildman–Crippen MR) is 61.1 cm³/mol. The molecule has 0 radical (unpaired) electrons. The summed E-state index contributed by atoms with van der Waals surface area (Å²) in [5.74, 6) is -0.309. The zero-order chi connectivity index (χ0) is 10.8. The Bertz CT molecular complexity index is 504. The van der Waals surface area contributed by atoms with Gasteiger partial charge in [-0.3, -0.25) is 0 Å². The zero-order valence-corrected chi connectivity index (χ0v) is 9.14. The molecule has 0 atom stereocenters. The van der Waals surface area contributed by atoms with Crippen LogP contribution in [-0.4, -0.2) is 13.1 Å². The monoisotopic (exact) mass is 221 g/mol. The number of hydrogen-bond donors (Lipinski definition) is 1. The molecule has 78 valence electrons. The molecule has 0 aliphatic rings. The van der Waals surface area contributed by atoms with Crippen LogP contribution in [0, 0.1) is 0 Å². The summed E-state index contributed by atoms with van der Waals surface area (Å²) in [5.41, 5.74) is 6.53. The molecule has 2 aromatic rings. The summed E-state index contributed by atoms with van der Waals surface area (Å²) in [4.78, 5) is 12.1. The number of esters is 1. The van der Waals surface area contributed by atoms with Crippen LogP contribution < -0.4 is 5.73 Å². The van der Waals surface area contributed by atoms with E-state index in [0.717, 1.165) is 15.6 Å². The van der Waals surface area contributed by atoms with Crippen molar-refractivity contribution in [2.45, 2.75) is 6.54 Å². The minimum absolute atomic E-state index is 0.309. The van der Waals surface area contributed by atoms with Crippen LogP contribution >= 0.6 is 11.3 Å². The van der Waals surface area contributed by atoms with Crippen molar-refractivity contribution < 1.29 is 9.53 Å². The number of nitrogens with two attached hydrogens (primary N) is 1. The van der Waals surface area contributed by atoms with Crippen molar-refractivity contribution >= 4 is 27.4 Å². The summed E-state index contributed by atoms with van der Waals surface area (Å²) in [7, 11) is 1.38. The summed E-state index contributed by atoms with van der Waals surface area (Å²) in [6, 6.07) is 7.83. The molecule has 0 aliphatic carbocycles. The molecule has 0 fully saturated rings. The molecule has 0 saturated heterocycles. The van der Waals surface area contributed by atoms with Crippen LogP contribution in [0.15, 0.2) is 24.3 Å². The smallest absolute Gasteiger partial charge is 0.348 e. The Labute approximate surface area is 91.5 Å². The number of fused-ring (bicyclic) bond motifs is 1. The molecule has 0 bridgehead atoms. The first kappa shape index (κ1) is 10.1. The lowest BCUT2D eigenvalue weighted by Crippen LogP contribution is -2.05. The van der Waals surface area contributed by atoms with Gasteiger partial charge in [-0.15, -0.1) is 11.3 Å². The molecule has 0 aliphatic heterocycles. The van der Waals surface area contributed by atoms with Gasteiger partial charge in [0.2, 0.25) is 0 Å². The summed E-state index contributed by atoms with van der Waals surface area (Å²) in [6.45, 7) is 0.356. The molecule has 2 rings (SSSR count). The van der Waals surface area contributed by atoms with Gasteiger partial charge in [-0.05, 0) is 17.0 Å². The molecular weight excluding hydrogens is 210 g/mol. The van der Waals surface area contributed by atoms with E-state index in [1.165, 1.54) is 18.4 Å². The Hall–Kier alpha value is -1.39. The van der Waals surface area contributed by atoms with E-state index >= 15 is 0 Å². The average Bonchev–Trinajstić information content (AvgIpc) is 2.66. The molecule has 2 N–H and O–H groups in total. The van der Waals surface area contributed by atoms with Gasteiger partial charge < -0.3 is 10.5 Å². The third-order valence-electron chi connectivity index (χ3n) is 2.27. The molecule has 1 heterocycles. The highest BCUT2D eigenvalue weighted by atomic mass is 32.1. The SMILES string of the molecule is COC(=O)c1sc2ccccc2c1CN. The van der Waals surface area contributed by atoms with Gasteiger partial charge in [0, 0.05) is 11.2 Å². The van der Waals surface area contributed by atoms with E-state index in [4.69, 9.17) is 10.5 Å². The van der Waals surface area contributed by atoms with E-state index in [2.05, 4.69) is 0 Å². The van der Waals surface area contributed by atoms with Gasteiger partial charge in [-0.25, -0.2) is 4.79 Å². The normalized spacial score (nSPS) is 10.5. The number of rotatable bonds is 2. The Balaban J connectivity index is 2.69. The maximum Gasteiger partial charge on any atom is 0.348 e. The first-order valence-corrected chi connectivity index (χ1v) is 5.38. The fourth-order valence-electron chi connectivity index (χ4n) is 1.56. The van der Waals surface area contributed by atoms with Crippen molar-refractivity contribution in [2.24, 2.45) is 5.73 Å². The molecule has 0 saturated carbocycles. The number of benzene rings is 1. The molecule has 1 aromatic heterocycles. The topological polar surface area (TPSA) is 52.3 Å². The summed E-state index contributed by atoms with van der Waals surface area (Å²) in [6.07, 6.45) is 0. The highest BCUT2D eigenvalue weighted by Gasteiger charge is 2.17. The lowest BCUT2D eigenvalue weighted by Gasteiger charge is -1.98. The van der Waals surface area contributed by atoms with Gasteiger partial charge >= 0.3 is 5.97 Å². The van der Waals surface area contributed by atoms with Gasteiger partial charge in [0.15, 0.2) is 0 Å². The van der Waals surface area contributed by atoms with E-state index < -0.39 is 0 Å². The predicted octanol–water partition coefficient (Wildman–Crippen LogP) is 2.15. The maximum absolute atomic E-state index is 11.5. The van der Waals surface area contributed by atoms with Crippen molar-refractivity contribution in [3.05, 3.63) is 34.7 Å². The van der Waals surface area contributed by atoms with Crippen molar-refractivity contribution in [1.29, 1.82) is 0 Å². The maximum atomic E-state index is 11.5. The second-order valence-electron chi connectivity index (χ2n) is 3.10. The van der Waals surface area contributed by atoms with Crippen molar-refractivity contribution in [3.63, 3.8) is 0 Å². The molecule has 0 spiro atoms. The highest BCUT2D eigenvalue weighted by Crippen LogP contribution is 2.31. The number of carbonyl (C=O) groups excluding carboxylic acids is 1. The second kappa shape index (κ2) is 4.00. The Morgan fingerprint density at radius 1 is 1.47 bits per heavy atom. The molecule has 3 nitrogen and oxygen atoms in total. The fourth-order valence-corrected chi connectivity index (χ4v) is 2.71. The Morgan fingerprint density at radius 2 is 2.20 bits per heavy atom. The summed E-state index contributed by atoms with van der Waals surface area (Å²) in [5, 5.41) is 1.05. The number of thiophene rings is 1. The first-order chi connectivity index (χ1) is 7.27. The Kier molecular flexibility index (Phi) is 2.70. The van der Waals surface area contributed by atoms with E-state index in [0.29, 0.717) is 11.4 Å². The number of carbonyl (C=O) groups is 1. The summed E-state index contributed by atoms with van der Waals surface area (Å²) >= 11 is 1.43. The Morgan fingerprint density at radius 3 is 2.87 bits per heavy atom. The number of methoxy groups -OCH3 is 1. The van der Waals surface area contributed by atoms with Crippen molar-refractivity contribution in [3.8, 4) is 0 Å². The zero-order valence-electron chi connectivity index (χ0n) is 8.32. The quantitative estimate of drug-likeness (QED) is 0.790. The lowest BCUT2D eigenvalue weighted by atomic mass is 10.1. The lowest BCUT2D eigenvalue weighted by molar-refractivity contribution is 0.0605. The van der Waals surface area contributed by atoms with Crippen LogP contribution in [0.25, 0.3) is 10.1 Å². The standard InChI is InChI=1S/C11H11NO2S/c1-14-11(13)10-8(6-12)7-4-2-3-5-9(7)15-10/h2-5H,6,12H2,1H3. The first-order valence-electron chi connectivity index (χ1n) is 4.56. The van der Waals surface area contributed by atoms with E-state index in [1.54, 1.807) is 0 Å². The van der Waals surface area contributed by atoms with Crippen LogP contribution in [0.5, 0.6) is 0 Å². The molecule has 0 amide bonds. The number of ether oxygens (including phenoxy) is 1. The largest absolute Gasteiger partial charge is 0.465 e. The van der Waals surface area contributed by atoms with Crippen LogP contribution in [0.2, 0.25) is 0 Å². The van der Waals surface area contributed by atoms with Gasteiger partial charge in [-0.2, -0.15) is 0 Å². The highest BCUT2D eigenvalue weighted by molar-refractivity contribution is 7.21. The molecule has 0 unspecified atom stereocenters. The minimum Gasteiger partial charge on any atom is -0.465 e. The van der Waals surface area contributed by atoms with Gasteiger partial charge in [0.05, 0.1) is 7.11 Å². The van der Waals surface area contributed by atoms with Gasteiger partial charge in [-0.1, -0.05) is 18.2 Å². The molecule has 15 heavy (non-hydrogen) atoms. The van der Waals surface area contributed by atoms with Gasteiger partial charge in [0.25, 0.3) is 0 Å². The van der Waals surface area contributed by atoms with Crippen molar-refractivity contribution in [1.82, 2.24) is 0 Å². The average molecular weight is 221 g/mol. The molecule has 1 aromatic carbocycles. The third kappa shape index (κ3) is 1.62. The van der Waals surface area contributed by atoms with Crippen LogP contribution in [0.1, 0.15) is 15.2 Å². The van der Waals surface area contributed by atoms with Gasteiger partial charge in [0.1, 0.15) is 4.88 Å². The summed E-state index contributed by atoms with van der Waals surface area (Å²) < 4.78 is 5.79. The van der Waals surface area contributed by atoms with Crippen LogP contribution in [0.4, 0.5) is 0 Å². The van der Waals surface area contributed by atoms with E-state index in [1.807, 2.05) is 24.3 Å². The van der Waals surface area contributed by atoms with E-state index in [-0.39, 0.29) is 5.97 Å².